The average Bonchev–Trinajstić information content (AvgIpc) is 2.31. The molecule has 1 aromatic carbocycles. The van der Waals surface area contributed by atoms with Crippen LogP contribution in [0.2, 0.25) is 5.02 Å². The number of hydrogen-bond donors (Lipinski definition) is 2. The number of aliphatic carboxylic acids is 1. The molecule has 0 aliphatic carbocycles. The van der Waals surface area contributed by atoms with Gasteiger partial charge in [0, 0.05) is 11.4 Å². The standard InChI is InChI=1S/C13H16ClNO3/c1-9(13(17)18)15-12(16)4-2-3-10-5-7-11(14)8-6-10/h5-9H,2-4H2,1H3,(H,15,16)(H,17,18)/t9-/m0/s1. The van der Waals surface area contributed by atoms with Crippen LogP contribution in [-0.4, -0.2) is 23.0 Å². The van der Waals surface area contributed by atoms with E-state index in [1.54, 1.807) is 0 Å². The zero-order valence-electron chi connectivity index (χ0n) is 10.1. The highest BCUT2D eigenvalue weighted by Gasteiger charge is 2.13. The summed E-state index contributed by atoms with van der Waals surface area (Å²) in [5.41, 5.74) is 1.11. The van der Waals surface area contributed by atoms with Gasteiger partial charge in [-0.1, -0.05) is 23.7 Å². The van der Waals surface area contributed by atoms with Crippen LogP contribution in [0.3, 0.4) is 0 Å². The second-order valence-corrected chi connectivity index (χ2v) is 4.54. The third-order valence-electron chi connectivity index (χ3n) is 2.53. The number of carboxylic acid groups (broad SMARTS) is 1. The van der Waals surface area contributed by atoms with Crippen LogP contribution in [0, 0.1) is 0 Å². The Hall–Kier alpha value is -1.55. The van der Waals surface area contributed by atoms with Crippen LogP contribution in [0.25, 0.3) is 0 Å². The molecule has 0 radical (unpaired) electrons. The number of carbonyl (C=O) groups excluding carboxylic acids is 1. The molecule has 0 aliphatic heterocycles. The first kappa shape index (κ1) is 14.5. The van der Waals surface area contributed by atoms with Crippen LogP contribution in [-0.2, 0) is 16.0 Å². The van der Waals surface area contributed by atoms with Gasteiger partial charge in [0.1, 0.15) is 6.04 Å². The monoisotopic (exact) mass is 269 g/mol. The fourth-order valence-electron chi connectivity index (χ4n) is 1.48. The van der Waals surface area contributed by atoms with Crippen LogP contribution in [0.1, 0.15) is 25.3 Å². The first-order valence-corrected chi connectivity index (χ1v) is 6.13. The van der Waals surface area contributed by atoms with Crippen LogP contribution in [0.5, 0.6) is 0 Å². The molecule has 0 unspecified atom stereocenters. The predicted octanol–water partition coefficient (Wildman–Crippen LogP) is 2.25. The van der Waals surface area contributed by atoms with Gasteiger partial charge < -0.3 is 10.4 Å². The minimum Gasteiger partial charge on any atom is -0.480 e. The van der Waals surface area contributed by atoms with E-state index in [1.807, 2.05) is 24.3 Å². The third kappa shape index (κ3) is 5.19. The molecule has 0 saturated heterocycles. The molecule has 0 fully saturated rings. The van der Waals surface area contributed by atoms with Crippen molar-refractivity contribution in [3.05, 3.63) is 34.9 Å². The summed E-state index contributed by atoms with van der Waals surface area (Å²) < 4.78 is 0. The van der Waals surface area contributed by atoms with Gasteiger partial charge in [0.2, 0.25) is 5.91 Å². The van der Waals surface area contributed by atoms with Gasteiger partial charge in [-0.05, 0) is 37.5 Å². The Kier molecular flexibility index (Phi) is 5.65. The van der Waals surface area contributed by atoms with Gasteiger partial charge in [0.05, 0.1) is 0 Å². The van der Waals surface area contributed by atoms with E-state index in [1.165, 1.54) is 6.92 Å². The van der Waals surface area contributed by atoms with Crippen molar-refractivity contribution in [1.82, 2.24) is 5.32 Å². The molecule has 2 N–H and O–H groups in total. The first-order valence-electron chi connectivity index (χ1n) is 5.75. The van der Waals surface area contributed by atoms with Gasteiger partial charge in [0.25, 0.3) is 0 Å². The molecule has 1 aromatic rings. The normalized spacial score (nSPS) is 11.9. The number of carbonyl (C=O) groups is 2. The van der Waals surface area contributed by atoms with Gasteiger partial charge in [-0.2, -0.15) is 0 Å². The maximum Gasteiger partial charge on any atom is 0.325 e. The van der Waals surface area contributed by atoms with E-state index in [2.05, 4.69) is 5.32 Å². The Morgan fingerprint density at radius 1 is 1.33 bits per heavy atom. The molecule has 0 heterocycles. The molecule has 1 amide bonds. The Morgan fingerprint density at radius 3 is 2.50 bits per heavy atom. The van der Waals surface area contributed by atoms with Crippen molar-refractivity contribution in [1.29, 1.82) is 0 Å². The van der Waals surface area contributed by atoms with Gasteiger partial charge in [-0.3, -0.25) is 9.59 Å². The van der Waals surface area contributed by atoms with Crippen LogP contribution in [0.15, 0.2) is 24.3 Å². The lowest BCUT2D eigenvalue weighted by Crippen LogP contribution is -2.38. The molecule has 1 rings (SSSR count). The van der Waals surface area contributed by atoms with E-state index in [0.29, 0.717) is 17.9 Å². The SMILES string of the molecule is C[C@H](NC(=O)CCCc1ccc(Cl)cc1)C(=O)O. The average molecular weight is 270 g/mol. The maximum absolute atomic E-state index is 11.4. The van der Waals surface area contributed by atoms with Gasteiger partial charge in [-0.15, -0.1) is 0 Å². The Bertz CT molecular complexity index is 417. The van der Waals surface area contributed by atoms with E-state index < -0.39 is 12.0 Å². The van der Waals surface area contributed by atoms with E-state index in [4.69, 9.17) is 16.7 Å². The third-order valence-corrected chi connectivity index (χ3v) is 2.78. The molecule has 4 nitrogen and oxygen atoms in total. The van der Waals surface area contributed by atoms with Gasteiger partial charge >= 0.3 is 5.97 Å². The molecular formula is C13H16ClNO3. The second kappa shape index (κ2) is 7.01. The summed E-state index contributed by atoms with van der Waals surface area (Å²) in [5.74, 6) is -1.26. The first-order chi connectivity index (χ1) is 8.49. The molecule has 18 heavy (non-hydrogen) atoms. The van der Waals surface area contributed by atoms with Crippen molar-refractivity contribution < 1.29 is 14.7 Å². The number of aryl methyl sites for hydroxylation is 1. The molecule has 1 atom stereocenters. The number of carboxylic acids is 1. The van der Waals surface area contributed by atoms with Gasteiger partial charge in [0.15, 0.2) is 0 Å². The van der Waals surface area contributed by atoms with E-state index in [9.17, 15) is 9.59 Å². The molecule has 0 spiro atoms. The largest absolute Gasteiger partial charge is 0.480 e. The smallest absolute Gasteiger partial charge is 0.325 e. The number of rotatable bonds is 6. The lowest BCUT2D eigenvalue weighted by atomic mass is 10.1. The van der Waals surface area contributed by atoms with Crippen molar-refractivity contribution in [3.63, 3.8) is 0 Å². The van der Waals surface area contributed by atoms with E-state index >= 15 is 0 Å². The molecule has 0 bridgehead atoms. The topological polar surface area (TPSA) is 66.4 Å². The lowest BCUT2D eigenvalue weighted by molar-refractivity contribution is -0.141. The predicted molar refractivity (Wildman–Crippen MR) is 69.6 cm³/mol. The summed E-state index contributed by atoms with van der Waals surface area (Å²) in [6.07, 6.45) is 1.77. The van der Waals surface area contributed by atoms with Crippen molar-refractivity contribution >= 4 is 23.5 Å². The fourth-order valence-corrected chi connectivity index (χ4v) is 1.61. The highest BCUT2D eigenvalue weighted by atomic mass is 35.5. The summed E-state index contributed by atoms with van der Waals surface area (Å²) in [5, 5.41) is 11.7. The zero-order valence-corrected chi connectivity index (χ0v) is 10.9. The fraction of sp³-hybridized carbons (Fsp3) is 0.385. The number of amides is 1. The van der Waals surface area contributed by atoms with Crippen molar-refractivity contribution in [3.8, 4) is 0 Å². The molecular weight excluding hydrogens is 254 g/mol. The lowest BCUT2D eigenvalue weighted by Gasteiger charge is -2.08. The zero-order chi connectivity index (χ0) is 13.5. The molecule has 98 valence electrons. The van der Waals surface area contributed by atoms with Crippen molar-refractivity contribution in [2.75, 3.05) is 0 Å². The highest BCUT2D eigenvalue weighted by molar-refractivity contribution is 6.30. The van der Waals surface area contributed by atoms with Gasteiger partial charge in [-0.25, -0.2) is 0 Å². The molecule has 0 aromatic heterocycles. The van der Waals surface area contributed by atoms with Crippen molar-refractivity contribution in [2.45, 2.75) is 32.2 Å². The van der Waals surface area contributed by atoms with E-state index in [-0.39, 0.29) is 5.91 Å². The summed E-state index contributed by atoms with van der Waals surface area (Å²) in [4.78, 5) is 21.9. The highest BCUT2D eigenvalue weighted by Crippen LogP contribution is 2.11. The van der Waals surface area contributed by atoms with Crippen LogP contribution < -0.4 is 5.32 Å². The maximum atomic E-state index is 11.4. The number of halogens is 1. The minimum atomic E-state index is -1.03. The number of nitrogens with one attached hydrogen (secondary N) is 1. The number of benzene rings is 1. The van der Waals surface area contributed by atoms with Crippen molar-refractivity contribution in [2.24, 2.45) is 0 Å². The molecule has 5 heteroatoms. The quantitative estimate of drug-likeness (QED) is 0.832. The summed E-state index contributed by atoms with van der Waals surface area (Å²) >= 11 is 5.76. The Balaban J connectivity index is 2.27. The van der Waals surface area contributed by atoms with Crippen LogP contribution in [0.4, 0.5) is 0 Å². The Labute approximate surface area is 111 Å². The number of hydrogen-bond acceptors (Lipinski definition) is 2. The van der Waals surface area contributed by atoms with Crippen LogP contribution >= 0.6 is 11.6 Å². The summed E-state index contributed by atoms with van der Waals surface area (Å²) in [6, 6.07) is 6.61. The minimum absolute atomic E-state index is 0.237. The Morgan fingerprint density at radius 2 is 1.94 bits per heavy atom. The summed E-state index contributed by atoms with van der Waals surface area (Å²) in [6.45, 7) is 1.44. The molecule has 0 aliphatic rings. The summed E-state index contributed by atoms with van der Waals surface area (Å²) in [7, 11) is 0. The van der Waals surface area contributed by atoms with E-state index in [0.717, 1.165) is 12.0 Å². The second-order valence-electron chi connectivity index (χ2n) is 4.11. The molecule has 0 saturated carbocycles.